The van der Waals surface area contributed by atoms with Gasteiger partial charge in [0.2, 0.25) is 0 Å². The van der Waals surface area contributed by atoms with E-state index in [0.717, 1.165) is 43.8 Å². The Balaban J connectivity index is 0.000000395. The van der Waals surface area contributed by atoms with Gasteiger partial charge in [-0.25, -0.2) is 4.98 Å². The van der Waals surface area contributed by atoms with Crippen molar-refractivity contribution in [3.63, 3.8) is 0 Å². The van der Waals surface area contributed by atoms with Crippen molar-refractivity contribution in [2.45, 2.75) is 32.4 Å². The molecule has 3 aromatic rings. The number of aliphatic carboxylic acids is 2. The highest BCUT2D eigenvalue weighted by atomic mass is 16.4. The third-order valence-corrected chi connectivity index (χ3v) is 4.65. The summed E-state index contributed by atoms with van der Waals surface area (Å²) >= 11 is 0. The van der Waals surface area contributed by atoms with Crippen LogP contribution in [-0.4, -0.2) is 55.5 Å². The molecule has 1 atom stereocenters. The molecule has 4 N–H and O–H groups in total. The minimum absolute atomic E-state index is 0.554. The number of β-amino-alcohol motifs (C(OH)–C–C–N with tert-alkyl or cyclic N) is 1. The molecule has 1 unspecified atom stereocenters. The lowest BCUT2D eigenvalue weighted by Crippen LogP contribution is -2.36. The van der Waals surface area contributed by atoms with Crippen LogP contribution in [0.5, 0.6) is 0 Å². The number of imidazole rings is 1. The summed E-state index contributed by atoms with van der Waals surface area (Å²) in [6, 6.07) is 18.6. The molecular weight excluding hydrogens is 410 g/mol. The van der Waals surface area contributed by atoms with Gasteiger partial charge in [0.15, 0.2) is 0 Å². The Bertz CT molecular complexity index is 991. The zero-order valence-corrected chi connectivity index (χ0v) is 18.2. The van der Waals surface area contributed by atoms with Gasteiger partial charge in [-0.1, -0.05) is 54.6 Å². The predicted octanol–water partition coefficient (Wildman–Crippen LogP) is 3.12. The number of carboxylic acids is 2. The number of carbonyl (C=O) groups is 2. The topological polar surface area (TPSA) is 125 Å². The number of rotatable bonds is 4. The lowest BCUT2D eigenvalue weighted by molar-refractivity contribution is -0.135. The van der Waals surface area contributed by atoms with Crippen LogP contribution in [0.4, 0.5) is 0 Å². The number of carboxylic acid groups (broad SMARTS) is 2. The number of nitrogens with one attached hydrogen (secondary N) is 1. The van der Waals surface area contributed by atoms with Crippen molar-refractivity contribution in [2.24, 2.45) is 0 Å². The molecule has 2 heterocycles. The van der Waals surface area contributed by atoms with Crippen LogP contribution in [0.1, 0.15) is 20.3 Å². The van der Waals surface area contributed by atoms with Crippen LogP contribution in [0, 0.1) is 0 Å². The fourth-order valence-corrected chi connectivity index (χ4v) is 3.41. The molecule has 4 rings (SSSR count). The Kier molecular flexibility index (Phi) is 9.12. The van der Waals surface area contributed by atoms with Crippen LogP contribution >= 0.6 is 0 Å². The van der Waals surface area contributed by atoms with Crippen LogP contribution in [0.3, 0.4) is 0 Å². The third kappa shape index (κ3) is 7.64. The number of hydrogen-bond donors (Lipinski definition) is 4. The fourth-order valence-electron chi connectivity index (χ4n) is 3.41. The molecule has 0 saturated carbocycles. The van der Waals surface area contributed by atoms with Gasteiger partial charge in [-0.05, 0) is 24.1 Å². The summed E-state index contributed by atoms with van der Waals surface area (Å²) in [6.07, 6.45) is 4.53. The maximum Gasteiger partial charge on any atom is 0.300 e. The van der Waals surface area contributed by atoms with Crippen molar-refractivity contribution >= 4 is 11.9 Å². The van der Waals surface area contributed by atoms with Gasteiger partial charge in [0.05, 0.1) is 12.1 Å². The molecule has 0 bridgehead atoms. The second-order valence-corrected chi connectivity index (χ2v) is 7.48. The number of aromatic nitrogens is 2. The SMILES string of the molecule is CC(=O)O.CC(=O)O.OC1(Cn2ccnc2-c2ccccc2-c2ccccc2)CCNC1. The van der Waals surface area contributed by atoms with E-state index in [2.05, 4.69) is 39.1 Å². The van der Waals surface area contributed by atoms with Gasteiger partial charge in [-0.2, -0.15) is 0 Å². The number of nitrogens with zero attached hydrogens (tertiary/aromatic N) is 2. The molecule has 170 valence electrons. The number of benzene rings is 2. The quantitative estimate of drug-likeness (QED) is 0.492. The van der Waals surface area contributed by atoms with Gasteiger partial charge in [0.25, 0.3) is 11.9 Å². The van der Waals surface area contributed by atoms with Crippen LogP contribution in [-0.2, 0) is 16.1 Å². The molecule has 1 aliphatic rings. The Morgan fingerprint density at radius 2 is 1.56 bits per heavy atom. The van der Waals surface area contributed by atoms with Crippen molar-refractivity contribution in [3.8, 4) is 22.5 Å². The molecule has 8 heteroatoms. The molecule has 32 heavy (non-hydrogen) atoms. The first-order valence-electron chi connectivity index (χ1n) is 10.2. The van der Waals surface area contributed by atoms with E-state index in [1.807, 2.05) is 42.7 Å². The van der Waals surface area contributed by atoms with Crippen LogP contribution < -0.4 is 5.32 Å². The second kappa shape index (κ2) is 11.8. The van der Waals surface area contributed by atoms with E-state index in [1.165, 1.54) is 5.56 Å². The molecule has 2 aromatic carbocycles. The lowest BCUT2D eigenvalue weighted by Gasteiger charge is -2.23. The Morgan fingerprint density at radius 3 is 2.12 bits per heavy atom. The monoisotopic (exact) mass is 439 g/mol. The average molecular weight is 440 g/mol. The van der Waals surface area contributed by atoms with E-state index >= 15 is 0 Å². The van der Waals surface area contributed by atoms with Crippen molar-refractivity contribution in [1.29, 1.82) is 0 Å². The van der Waals surface area contributed by atoms with Gasteiger partial charge < -0.3 is 25.2 Å². The van der Waals surface area contributed by atoms with E-state index in [0.29, 0.717) is 13.1 Å². The summed E-state index contributed by atoms with van der Waals surface area (Å²) in [7, 11) is 0. The molecule has 1 aromatic heterocycles. The molecule has 1 saturated heterocycles. The molecular formula is C24H29N3O5. The maximum absolute atomic E-state index is 10.7. The van der Waals surface area contributed by atoms with Gasteiger partial charge in [-0.3, -0.25) is 9.59 Å². The van der Waals surface area contributed by atoms with Crippen molar-refractivity contribution < 1.29 is 24.9 Å². The van der Waals surface area contributed by atoms with Crippen LogP contribution in [0.2, 0.25) is 0 Å². The smallest absolute Gasteiger partial charge is 0.300 e. The van der Waals surface area contributed by atoms with E-state index in [-0.39, 0.29) is 0 Å². The van der Waals surface area contributed by atoms with Crippen molar-refractivity contribution in [3.05, 3.63) is 67.0 Å². The van der Waals surface area contributed by atoms with Crippen molar-refractivity contribution in [1.82, 2.24) is 14.9 Å². The van der Waals surface area contributed by atoms with Crippen LogP contribution in [0.15, 0.2) is 67.0 Å². The number of aliphatic hydroxyl groups is 1. The normalized spacial score (nSPS) is 16.8. The molecule has 0 spiro atoms. The fraction of sp³-hybridized carbons (Fsp3) is 0.292. The second-order valence-electron chi connectivity index (χ2n) is 7.48. The van der Waals surface area contributed by atoms with Gasteiger partial charge in [-0.15, -0.1) is 0 Å². The maximum atomic E-state index is 10.7. The summed E-state index contributed by atoms with van der Waals surface area (Å²) in [5.41, 5.74) is 2.71. The lowest BCUT2D eigenvalue weighted by atomic mass is 9.98. The molecule has 1 aliphatic heterocycles. The van der Waals surface area contributed by atoms with Crippen molar-refractivity contribution in [2.75, 3.05) is 13.1 Å². The minimum atomic E-state index is -0.833. The third-order valence-electron chi connectivity index (χ3n) is 4.65. The highest BCUT2D eigenvalue weighted by Crippen LogP contribution is 2.31. The Hall–Kier alpha value is -3.49. The highest BCUT2D eigenvalue weighted by Gasteiger charge is 2.32. The molecule has 0 aliphatic carbocycles. The molecule has 8 nitrogen and oxygen atoms in total. The zero-order chi connectivity index (χ0) is 23.6. The summed E-state index contributed by atoms with van der Waals surface area (Å²) in [5.74, 6) is -0.769. The highest BCUT2D eigenvalue weighted by molar-refractivity contribution is 5.80. The first-order chi connectivity index (χ1) is 15.2. The largest absolute Gasteiger partial charge is 0.481 e. The van der Waals surface area contributed by atoms with E-state index in [4.69, 9.17) is 19.8 Å². The Labute approximate surface area is 187 Å². The molecule has 1 fully saturated rings. The zero-order valence-electron chi connectivity index (χ0n) is 18.2. The molecule has 0 amide bonds. The van der Waals surface area contributed by atoms with E-state index in [9.17, 15) is 5.11 Å². The van der Waals surface area contributed by atoms with E-state index < -0.39 is 17.5 Å². The molecule has 0 radical (unpaired) electrons. The summed E-state index contributed by atoms with van der Waals surface area (Å²) in [4.78, 5) is 22.6. The number of hydrogen-bond acceptors (Lipinski definition) is 5. The van der Waals surface area contributed by atoms with Gasteiger partial charge >= 0.3 is 0 Å². The standard InChI is InChI=1S/C20H21N3O.2C2H4O2/c24-20(10-11-21-14-20)15-23-13-12-22-19(23)18-9-5-4-8-17(18)16-6-2-1-3-7-16;2*1-2(3)4/h1-9,12-13,21,24H,10-11,14-15H2;2*1H3,(H,3,4). The predicted molar refractivity (Wildman–Crippen MR) is 122 cm³/mol. The minimum Gasteiger partial charge on any atom is -0.481 e. The first-order valence-corrected chi connectivity index (χ1v) is 10.2. The summed E-state index contributed by atoms with van der Waals surface area (Å²) < 4.78 is 2.06. The van der Waals surface area contributed by atoms with Gasteiger partial charge in [0.1, 0.15) is 5.82 Å². The summed E-state index contributed by atoms with van der Waals surface area (Å²) in [6.45, 7) is 4.21. The summed E-state index contributed by atoms with van der Waals surface area (Å²) in [5, 5.41) is 28.8. The van der Waals surface area contributed by atoms with Gasteiger partial charge in [0, 0.05) is 38.3 Å². The Morgan fingerprint density at radius 1 is 1.00 bits per heavy atom. The van der Waals surface area contributed by atoms with Crippen LogP contribution in [0.25, 0.3) is 22.5 Å². The first kappa shape index (κ1) is 24.8. The van der Waals surface area contributed by atoms with E-state index in [1.54, 1.807) is 0 Å². The average Bonchev–Trinajstić information content (AvgIpc) is 3.37.